The molecule has 392 valence electrons. The molecule has 0 saturated carbocycles. The van der Waals surface area contributed by atoms with Gasteiger partial charge in [0.15, 0.2) is 0 Å². The number of amides is 5. The molecule has 0 bridgehead atoms. The molecule has 1 aliphatic rings. The summed E-state index contributed by atoms with van der Waals surface area (Å²) in [6.07, 6.45) is -2.46. The van der Waals surface area contributed by atoms with Gasteiger partial charge in [-0.2, -0.15) is 0 Å². The number of fused-ring (bicyclic) bond motifs is 3. The Bertz CT molecular complexity index is 3110. The van der Waals surface area contributed by atoms with Crippen LogP contribution in [0.15, 0.2) is 231 Å². The number of hydrogen-bond donors (Lipinski definition) is 6. The number of hydrogen-bond acceptors (Lipinski definition) is 7. The number of aliphatic carboxylic acids is 1. The number of nitrogens with one attached hydrogen (secondary N) is 5. The van der Waals surface area contributed by atoms with Crippen LogP contribution in [0.5, 0.6) is 0 Å². The highest BCUT2D eigenvalue weighted by Gasteiger charge is 2.42. The van der Waals surface area contributed by atoms with Crippen LogP contribution in [0, 0.1) is 0 Å². The molecule has 9 rings (SSSR count). The maximum absolute atomic E-state index is 15.1. The third-order valence-electron chi connectivity index (χ3n) is 14.1. The van der Waals surface area contributed by atoms with Crippen molar-refractivity contribution in [1.29, 1.82) is 0 Å². The Morgan fingerprint density at radius 1 is 0.436 bits per heavy atom. The lowest BCUT2D eigenvalue weighted by Crippen LogP contribution is -2.57. The van der Waals surface area contributed by atoms with Crippen molar-refractivity contribution in [2.45, 2.75) is 54.8 Å². The van der Waals surface area contributed by atoms with Gasteiger partial charge in [-0.25, -0.2) is 4.79 Å². The summed E-state index contributed by atoms with van der Waals surface area (Å²) in [5.41, 5.74) is 5.64. The first-order valence-electron chi connectivity index (χ1n) is 25.9. The number of carbonyl (C=O) groups excluding carboxylic acids is 5. The molecule has 0 aliphatic heterocycles. The van der Waals surface area contributed by atoms with Gasteiger partial charge in [-0.3, -0.25) is 24.0 Å². The van der Waals surface area contributed by atoms with Crippen molar-refractivity contribution in [1.82, 2.24) is 26.6 Å². The van der Waals surface area contributed by atoms with Crippen LogP contribution in [-0.4, -0.2) is 66.0 Å². The molecule has 8 aromatic carbocycles. The number of alkyl carbamates (subject to hydrolysis) is 1. The quantitative estimate of drug-likeness (QED) is 0.0286. The molecule has 0 saturated heterocycles. The number of ether oxygens (including phenoxy) is 1. The minimum Gasteiger partial charge on any atom is -0.481 e. The number of benzene rings is 8. The van der Waals surface area contributed by atoms with E-state index in [2.05, 4.69) is 26.6 Å². The van der Waals surface area contributed by atoms with Gasteiger partial charge in [0.05, 0.1) is 12.8 Å². The van der Waals surface area contributed by atoms with Gasteiger partial charge in [-0.15, -0.1) is 0 Å². The number of carboxylic acid groups (broad SMARTS) is 1. The summed E-state index contributed by atoms with van der Waals surface area (Å²) < 4.78 is 5.94. The first-order valence-corrected chi connectivity index (χ1v) is 25.9. The van der Waals surface area contributed by atoms with Gasteiger partial charge in [0.1, 0.15) is 29.8 Å². The van der Waals surface area contributed by atoms with Gasteiger partial charge in [-0.05, 0) is 62.1 Å². The van der Waals surface area contributed by atoms with Gasteiger partial charge in [0, 0.05) is 18.9 Å². The third kappa shape index (κ3) is 11.9. The van der Waals surface area contributed by atoms with Crippen LogP contribution < -0.4 is 26.6 Å². The molecule has 5 amide bonds. The molecule has 0 fully saturated rings. The van der Waals surface area contributed by atoms with Crippen molar-refractivity contribution >= 4 is 35.7 Å². The molecule has 0 unspecified atom stereocenters. The lowest BCUT2D eigenvalue weighted by atomic mass is 9.77. The average Bonchev–Trinajstić information content (AvgIpc) is 3.98. The van der Waals surface area contributed by atoms with E-state index < -0.39 is 71.7 Å². The van der Waals surface area contributed by atoms with Gasteiger partial charge in [0.2, 0.25) is 23.6 Å². The van der Waals surface area contributed by atoms with E-state index in [4.69, 9.17) is 4.74 Å². The van der Waals surface area contributed by atoms with Crippen LogP contribution in [0.1, 0.15) is 76.1 Å². The Kier molecular flexibility index (Phi) is 16.9. The molecule has 2 atom stereocenters. The average molecular weight is 1040 g/mol. The lowest BCUT2D eigenvalue weighted by molar-refractivity contribution is -0.137. The normalized spacial score (nSPS) is 12.6. The smallest absolute Gasteiger partial charge is 0.407 e. The van der Waals surface area contributed by atoms with E-state index in [0.29, 0.717) is 33.4 Å². The summed E-state index contributed by atoms with van der Waals surface area (Å²) in [7, 11) is 0. The zero-order chi connectivity index (χ0) is 54.3. The van der Waals surface area contributed by atoms with Crippen LogP contribution in [-0.2, 0) is 39.8 Å². The van der Waals surface area contributed by atoms with Crippen molar-refractivity contribution in [2.75, 3.05) is 13.2 Å². The lowest BCUT2D eigenvalue weighted by Gasteiger charge is -2.37. The predicted octanol–water partition coefficient (Wildman–Crippen LogP) is 9.36. The van der Waals surface area contributed by atoms with E-state index in [1.807, 2.05) is 231 Å². The van der Waals surface area contributed by atoms with Crippen molar-refractivity contribution in [3.05, 3.63) is 275 Å². The van der Waals surface area contributed by atoms with Crippen molar-refractivity contribution in [2.24, 2.45) is 0 Å². The fourth-order valence-electron chi connectivity index (χ4n) is 10.5. The first-order chi connectivity index (χ1) is 38.1. The zero-order valence-corrected chi connectivity index (χ0v) is 42.7. The van der Waals surface area contributed by atoms with E-state index >= 15 is 9.59 Å². The first kappa shape index (κ1) is 53.2. The van der Waals surface area contributed by atoms with Gasteiger partial charge >= 0.3 is 12.1 Å². The van der Waals surface area contributed by atoms with Crippen LogP contribution in [0.25, 0.3) is 11.1 Å². The molecular formula is C65H59N5O8. The minimum atomic E-state index is -1.68. The Morgan fingerprint density at radius 3 is 1.13 bits per heavy atom. The molecule has 78 heavy (non-hydrogen) atoms. The van der Waals surface area contributed by atoms with Crippen molar-refractivity contribution < 1.29 is 38.6 Å². The van der Waals surface area contributed by atoms with E-state index in [0.717, 1.165) is 22.3 Å². The largest absolute Gasteiger partial charge is 0.481 e. The summed E-state index contributed by atoms with van der Waals surface area (Å²) in [6, 6.07) is 68.7. The van der Waals surface area contributed by atoms with Crippen LogP contribution >= 0.6 is 0 Å². The molecule has 0 heterocycles. The molecular weight excluding hydrogens is 979 g/mol. The highest BCUT2D eigenvalue weighted by atomic mass is 16.5. The number of rotatable bonds is 22. The second-order valence-corrected chi connectivity index (χ2v) is 19.1. The molecule has 8 aromatic rings. The van der Waals surface area contributed by atoms with Crippen LogP contribution in [0.3, 0.4) is 0 Å². The second kappa shape index (κ2) is 24.8. The molecule has 1 aliphatic carbocycles. The number of carbonyl (C=O) groups is 6. The monoisotopic (exact) mass is 1040 g/mol. The molecule has 0 radical (unpaired) electrons. The van der Waals surface area contributed by atoms with Gasteiger partial charge in [0.25, 0.3) is 0 Å². The predicted molar refractivity (Wildman–Crippen MR) is 298 cm³/mol. The SMILES string of the molecule is O=C(O)CCCNC(=O)[C@H](CC(=O)NC(c1ccccc1)(c1ccccc1)c1ccccc1)NC(=O)[C@H](CC(=O)NC(c1ccccc1)(c1ccccc1)c1ccccc1)NC(=O)OCC1c2ccccc2-c2ccccc21. The van der Waals surface area contributed by atoms with Gasteiger partial charge < -0.3 is 36.4 Å². The van der Waals surface area contributed by atoms with E-state index in [9.17, 15) is 24.3 Å². The molecule has 6 N–H and O–H groups in total. The standard InChI is InChI=1S/C65H59N5O8/c71-58(69-64(45-24-7-1-8-25-45,46-26-9-2-10-27-46)47-28-11-3-12-29-47)42-56(61(75)66-41-23-40-60(73)74)67-62(76)57(68-63(77)78-44-55-53-38-21-19-36-51(53)52-37-20-22-39-54(52)55)43-59(72)70-65(48-30-13-4-14-31-48,49-32-15-5-16-33-49)50-34-17-6-18-35-50/h1-22,24-39,55-57H,23,40-44H2,(H,66,75)(H,67,76)(H,68,77)(H,69,71)(H,70,72)(H,73,74)/t56-,57-/m0/s1. The van der Waals surface area contributed by atoms with Crippen molar-refractivity contribution in [3.63, 3.8) is 0 Å². The third-order valence-corrected chi connectivity index (χ3v) is 14.1. The Hall–Kier alpha value is -9.62. The summed E-state index contributed by atoms with van der Waals surface area (Å²) in [4.78, 5) is 85.1. The molecule has 13 nitrogen and oxygen atoms in total. The second-order valence-electron chi connectivity index (χ2n) is 19.1. The molecule has 0 aromatic heterocycles. The Balaban J connectivity index is 1.05. The highest BCUT2D eigenvalue weighted by molar-refractivity contribution is 5.96. The van der Waals surface area contributed by atoms with E-state index in [1.165, 1.54) is 0 Å². The zero-order valence-electron chi connectivity index (χ0n) is 42.7. The van der Waals surface area contributed by atoms with Gasteiger partial charge in [-0.1, -0.05) is 231 Å². The fourth-order valence-corrected chi connectivity index (χ4v) is 10.5. The fraction of sp³-hybridized carbons (Fsp3) is 0.169. The summed E-state index contributed by atoms with van der Waals surface area (Å²) >= 11 is 0. The Morgan fingerprint density at radius 2 is 0.769 bits per heavy atom. The minimum absolute atomic E-state index is 0.0607. The molecule has 13 heteroatoms. The molecule has 0 spiro atoms. The summed E-state index contributed by atoms with van der Waals surface area (Å²) in [5.74, 6) is -4.46. The topological polar surface area (TPSA) is 192 Å². The summed E-state index contributed by atoms with van der Waals surface area (Å²) in [5, 5.41) is 23.9. The van der Waals surface area contributed by atoms with E-state index in [-0.39, 0.29) is 31.9 Å². The van der Waals surface area contributed by atoms with E-state index in [1.54, 1.807) is 0 Å². The highest BCUT2D eigenvalue weighted by Crippen LogP contribution is 2.45. The Labute approximate surface area is 453 Å². The van der Waals surface area contributed by atoms with Crippen LogP contribution in [0.4, 0.5) is 4.79 Å². The maximum Gasteiger partial charge on any atom is 0.407 e. The van der Waals surface area contributed by atoms with Crippen molar-refractivity contribution in [3.8, 4) is 11.1 Å². The maximum atomic E-state index is 15.1. The summed E-state index contributed by atoms with van der Waals surface area (Å²) in [6.45, 7) is -0.196. The van der Waals surface area contributed by atoms with Crippen LogP contribution in [0.2, 0.25) is 0 Å². The number of carboxylic acids is 1.